The number of alkyl halides is 3. The molecule has 5 aromatic rings. The van der Waals surface area contributed by atoms with E-state index in [0.29, 0.717) is 22.7 Å². The van der Waals surface area contributed by atoms with Crippen LogP contribution < -0.4 is 20.7 Å². The zero-order valence-electron chi connectivity index (χ0n) is 32.7. The van der Waals surface area contributed by atoms with Crippen molar-refractivity contribution in [1.29, 1.82) is 0 Å². The number of aryl methyl sites for hydroxylation is 1. The van der Waals surface area contributed by atoms with E-state index in [9.17, 15) is 37.5 Å². The number of Topliss-reactive ketones (excluding diaryl/α,β-unsaturated/α-hetero) is 1. The van der Waals surface area contributed by atoms with Gasteiger partial charge in [-0.3, -0.25) is 29.2 Å². The summed E-state index contributed by atoms with van der Waals surface area (Å²) in [5, 5.41) is 24.8. The van der Waals surface area contributed by atoms with E-state index in [2.05, 4.69) is 20.9 Å². The second-order valence-corrected chi connectivity index (χ2v) is 15.7. The number of amides is 3. The Kier molecular flexibility index (Phi) is 12.0. The number of ketones is 1. The fourth-order valence-corrected chi connectivity index (χ4v) is 7.74. The highest BCUT2D eigenvalue weighted by Crippen LogP contribution is 2.36. The number of hydrogen-bond acceptors (Lipinski definition) is 9. The number of carbonyl (C=O) groups is 4. The van der Waals surface area contributed by atoms with Crippen molar-refractivity contribution in [2.45, 2.75) is 83.0 Å². The molecule has 12 nitrogen and oxygen atoms in total. The van der Waals surface area contributed by atoms with Crippen LogP contribution in [0.4, 0.5) is 18.9 Å². The summed E-state index contributed by atoms with van der Waals surface area (Å²) in [6.07, 6.45) is 5.13. The molecule has 3 amide bonds. The van der Waals surface area contributed by atoms with Crippen LogP contribution >= 0.6 is 0 Å². The first-order valence-electron chi connectivity index (χ1n) is 19.8. The maximum absolute atomic E-state index is 13.2. The average Bonchev–Trinajstić information content (AvgIpc) is 3.62. The molecule has 1 aliphatic heterocycles. The molecule has 4 N–H and O–H groups in total. The number of aliphatic hydroxyl groups is 1. The molecule has 3 heterocycles. The minimum Gasteiger partial charge on any atom is -0.457 e. The van der Waals surface area contributed by atoms with Gasteiger partial charge >= 0.3 is 6.18 Å². The Morgan fingerprint density at radius 1 is 0.932 bits per heavy atom. The number of imide groups is 1. The number of unbranched alkanes of at least 4 members (excludes halogenated alkanes) is 2. The second kappa shape index (κ2) is 17.1. The number of anilines is 1. The molecule has 3 aromatic carbocycles. The number of ether oxygens (including phenoxy) is 1. The Hall–Kier alpha value is -5.93. The lowest BCUT2D eigenvalue weighted by Crippen LogP contribution is -2.42. The summed E-state index contributed by atoms with van der Waals surface area (Å²) in [7, 11) is 0. The molecule has 0 saturated heterocycles. The first-order valence-corrected chi connectivity index (χ1v) is 19.8. The number of pyridine rings is 1. The van der Waals surface area contributed by atoms with E-state index in [1.807, 2.05) is 29.1 Å². The van der Waals surface area contributed by atoms with Gasteiger partial charge in [-0.15, -0.1) is 0 Å². The van der Waals surface area contributed by atoms with Gasteiger partial charge in [-0.2, -0.15) is 18.3 Å². The smallest absolute Gasteiger partial charge is 0.433 e. The first-order chi connectivity index (χ1) is 28.1. The topological polar surface area (TPSA) is 165 Å². The third-order valence-electron chi connectivity index (χ3n) is 10.8. The van der Waals surface area contributed by atoms with Crippen LogP contribution in [0.5, 0.6) is 11.5 Å². The molecule has 0 atom stereocenters. The molecule has 2 aliphatic rings. The van der Waals surface area contributed by atoms with Crippen molar-refractivity contribution in [3.63, 3.8) is 0 Å². The molecule has 59 heavy (non-hydrogen) atoms. The van der Waals surface area contributed by atoms with Crippen molar-refractivity contribution >= 4 is 40.1 Å². The molecule has 7 rings (SSSR count). The summed E-state index contributed by atoms with van der Waals surface area (Å²) < 4.78 is 47.6. The highest BCUT2D eigenvalue weighted by Gasteiger charge is 2.34. The lowest BCUT2D eigenvalue weighted by atomic mass is 9.86. The minimum absolute atomic E-state index is 0.0320. The number of nitrogens with zero attached hydrogens (tertiary/aromatic N) is 3. The lowest BCUT2D eigenvalue weighted by Gasteiger charge is -2.28. The van der Waals surface area contributed by atoms with Crippen LogP contribution in [0.1, 0.15) is 113 Å². The molecular weight excluding hydrogens is 766 g/mol. The third kappa shape index (κ3) is 9.69. The van der Waals surface area contributed by atoms with E-state index in [1.54, 1.807) is 44.2 Å². The molecule has 15 heteroatoms. The number of aromatic nitrogens is 3. The van der Waals surface area contributed by atoms with Crippen molar-refractivity contribution in [3.05, 3.63) is 113 Å². The molecule has 0 spiro atoms. The van der Waals surface area contributed by atoms with Crippen LogP contribution in [-0.4, -0.2) is 56.5 Å². The molecule has 1 saturated carbocycles. The van der Waals surface area contributed by atoms with E-state index < -0.39 is 46.7 Å². The van der Waals surface area contributed by atoms with Gasteiger partial charge in [-0.1, -0.05) is 30.7 Å². The molecule has 0 bridgehead atoms. The van der Waals surface area contributed by atoms with E-state index in [1.165, 1.54) is 12.1 Å². The zero-order valence-corrected chi connectivity index (χ0v) is 32.7. The summed E-state index contributed by atoms with van der Waals surface area (Å²) in [4.78, 5) is 53.0. The van der Waals surface area contributed by atoms with Crippen LogP contribution in [0.15, 0.2) is 79.0 Å². The minimum atomic E-state index is -4.69. The van der Waals surface area contributed by atoms with Crippen molar-refractivity contribution < 1.29 is 42.2 Å². The number of carbonyl (C=O) groups excluding carboxylic acids is 4. The standard InChI is InChI=1S/C44H45F3N6O6/c1-43(2,58)32-23-34-28(22-35(32)50-40(55)33-13-8-15-37(49-33)44(45,46)47)25-53(52-34)29-18-16-27(17-19-29)24-48-20-5-3-4-9-26-10-6-11-30(21-26)59-36-14-7-12-31-38(36)41(56)51-42(57)39(31)54/h6-8,10-15,21-23,25,27,29,48,58H,3-5,9,16-20,24H2,1-2H3,(H,50,55)(H,51,56,57)/t27-,29-. The van der Waals surface area contributed by atoms with Crippen molar-refractivity contribution in [3.8, 4) is 11.5 Å². The zero-order chi connectivity index (χ0) is 41.9. The molecular formula is C44H45F3N6O6. The molecule has 0 unspecified atom stereocenters. The number of halogens is 3. The fraction of sp³-hybridized carbons (Fsp3) is 0.364. The molecule has 1 fully saturated rings. The molecule has 0 radical (unpaired) electrons. The normalized spacial score (nSPS) is 17.2. The summed E-state index contributed by atoms with van der Waals surface area (Å²) in [5.74, 6) is -1.89. The van der Waals surface area contributed by atoms with Gasteiger partial charge in [0, 0.05) is 28.4 Å². The SMILES string of the molecule is CC(C)(O)c1cc2nn([C@H]3CC[C@H](CNCCCCCc4cccc(Oc5cccc6c5C(=O)NC(=O)C6=O)c4)CC3)cc2cc1NC(=O)c1cccc(C(F)(F)F)n1. The Labute approximate surface area is 338 Å². The fourth-order valence-electron chi connectivity index (χ4n) is 7.74. The van der Waals surface area contributed by atoms with E-state index in [4.69, 9.17) is 9.84 Å². The Balaban J connectivity index is 0.854. The van der Waals surface area contributed by atoms with E-state index >= 15 is 0 Å². The van der Waals surface area contributed by atoms with Gasteiger partial charge in [0.1, 0.15) is 22.9 Å². The number of rotatable bonds is 14. The van der Waals surface area contributed by atoms with E-state index in [0.717, 1.165) is 87.5 Å². The van der Waals surface area contributed by atoms with Gasteiger partial charge in [0.05, 0.1) is 22.7 Å². The largest absolute Gasteiger partial charge is 0.457 e. The molecule has 2 aromatic heterocycles. The molecule has 1 aliphatic carbocycles. The summed E-state index contributed by atoms with van der Waals surface area (Å²) in [6, 6.07) is 19.0. The predicted octanol–water partition coefficient (Wildman–Crippen LogP) is 7.91. The number of benzene rings is 3. The number of hydrogen-bond donors (Lipinski definition) is 4. The van der Waals surface area contributed by atoms with Gasteiger partial charge < -0.3 is 20.5 Å². The highest BCUT2D eigenvalue weighted by molar-refractivity contribution is 6.49. The lowest BCUT2D eigenvalue weighted by molar-refractivity contribution is -0.141. The van der Waals surface area contributed by atoms with Crippen molar-refractivity contribution in [1.82, 2.24) is 25.4 Å². The predicted molar refractivity (Wildman–Crippen MR) is 213 cm³/mol. The van der Waals surface area contributed by atoms with Crippen LogP contribution in [-0.2, 0) is 23.0 Å². The van der Waals surface area contributed by atoms with Gasteiger partial charge in [-0.25, -0.2) is 4.98 Å². The second-order valence-electron chi connectivity index (χ2n) is 15.7. The van der Waals surface area contributed by atoms with Crippen LogP contribution in [0.25, 0.3) is 10.9 Å². The van der Waals surface area contributed by atoms with Crippen LogP contribution in [0.2, 0.25) is 0 Å². The quantitative estimate of drug-likeness (QED) is 0.0496. The Bertz CT molecular complexity index is 2400. The Morgan fingerprint density at radius 3 is 2.46 bits per heavy atom. The van der Waals surface area contributed by atoms with Gasteiger partial charge in [-0.05, 0) is 132 Å². The summed E-state index contributed by atoms with van der Waals surface area (Å²) in [5.41, 5.74) is -0.469. The van der Waals surface area contributed by atoms with Crippen LogP contribution in [0.3, 0.4) is 0 Å². The maximum atomic E-state index is 13.2. The monoisotopic (exact) mass is 810 g/mol. The first kappa shape index (κ1) is 41.2. The average molecular weight is 811 g/mol. The van der Waals surface area contributed by atoms with Crippen molar-refractivity contribution in [2.24, 2.45) is 5.92 Å². The maximum Gasteiger partial charge on any atom is 0.433 e. The summed E-state index contributed by atoms with van der Waals surface area (Å²) in [6.45, 7) is 4.99. The number of nitrogens with one attached hydrogen (secondary N) is 3. The van der Waals surface area contributed by atoms with Crippen molar-refractivity contribution in [2.75, 3.05) is 18.4 Å². The third-order valence-corrected chi connectivity index (χ3v) is 10.8. The van der Waals surface area contributed by atoms with E-state index in [-0.39, 0.29) is 28.6 Å². The number of fused-ring (bicyclic) bond motifs is 2. The van der Waals surface area contributed by atoms with Gasteiger partial charge in [0.2, 0.25) is 0 Å². The Morgan fingerprint density at radius 2 is 1.69 bits per heavy atom. The molecule has 308 valence electrons. The highest BCUT2D eigenvalue weighted by atomic mass is 19.4. The summed E-state index contributed by atoms with van der Waals surface area (Å²) >= 11 is 0. The van der Waals surface area contributed by atoms with Crippen LogP contribution in [0, 0.1) is 5.92 Å². The van der Waals surface area contributed by atoms with Gasteiger partial charge in [0.15, 0.2) is 0 Å². The van der Waals surface area contributed by atoms with Gasteiger partial charge in [0.25, 0.3) is 23.5 Å².